The summed E-state index contributed by atoms with van der Waals surface area (Å²) in [5.74, 6) is 0. The Morgan fingerprint density at radius 3 is 2.76 bits per heavy atom. The maximum absolute atomic E-state index is 5.01. The molecule has 1 aromatic carbocycles. The highest BCUT2D eigenvalue weighted by Gasteiger charge is 1.93. The van der Waals surface area contributed by atoms with Crippen LogP contribution in [-0.2, 0) is 11.3 Å². The van der Waals surface area contributed by atoms with Gasteiger partial charge in [0.2, 0.25) is 0 Å². The third kappa shape index (κ3) is 8.61. The summed E-state index contributed by atoms with van der Waals surface area (Å²) < 4.78 is 6.15. The number of unbranched alkanes of at least 4 members (excludes halogenated alkanes) is 2. The molecule has 98 valence electrons. The molecule has 4 heteroatoms. The first-order valence-corrected chi connectivity index (χ1v) is 6.56. The molecule has 0 saturated carbocycles. The lowest BCUT2D eigenvalue weighted by Gasteiger charge is -2.05. The van der Waals surface area contributed by atoms with E-state index in [9.17, 15) is 0 Å². The van der Waals surface area contributed by atoms with E-state index < -0.39 is 0 Å². The van der Waals surface area contributed by atoms with Crippen molar-refractivity contribution in [2.75, 3.05) is 20.3 Å². The largest absolute Gasteiger partial charge is 0.385 e. The predicted molar refractivity (Wildman–Crippen MR) is 78.8 cm³/mol. The molecule has 0 saturated heterocycles. The Labute approximate surface area is 119 Å². The molecule has 2 nitrogen and oxygen atoms in total. The predicted octanol–water partition coefficient (Wildman–Crippen LogP) is 3.78. The van der Waals surface area contributed by atoms with Gasteiger partial charge in [-0.3, -0.25) is 0 Å². The lowest BCUT2D eigenvalue weighted by molar-refractivity contribution is 0.192. The summed E-state index contributed by atoms with van der Waals surface area (Å²) in [6.45, 7) is 2.91. The minimum Gasteiger partial charge on any atom is -0.385 e. The number of rotatable bonds is 8. The van der Waals surface area contributed by atoms with Gasteiger partial charge in [0.15, 0.2) is 0 Å². The SMILES string of the molecule is COCCCCCNCc1cccc(Br)c1.Cl. The molecule has 0 amide bonds. The summed E-state index contributed by atoms with van der Waals surface area (Å²) in [6.07, 6.45) is 3.62. The van der Waals surface area contributed by atoms with Crippen LogP contribution in [0.5, 0.6) is 0 Å². The van der Waals surface area contributed by atoms with E-state index in [1.165, 1.54) is 18.4 Å². The number of benzene rings is 1. The molecule has 0 fully saturated rings. The molecule has 17 heavy (non-hydrogen) atoms. The van der Waals surface area contributed by atoms with Crippen LogP contribution in [0.15, 0.2) is 28.7 Å². The molecule has 0 aliphatic heterocycles. The number of hydrogen-bond donors (Lipinski definition) is 1. The zero-order valence-electron chi connectivity index (χ0n) is 10.2. The van der Waals surface area contributed by atoms with E-state index in [-0.39, 0.29) is 12.4 Å². The standard InChI is InChI=1S/C13H20BrNO.ClH/c1-16-9-4-2-3-8-15-11-12-6-5-7-13(14)10-12;/h5-7,10,15H,2-4,8-9,11H2,1H3;1H. The van der Waals surface area contributed by atoms with E-state index in [1.807, 2.05) is 6.07 Å². The number of halogens is 2. The third-order valence-electron chi connectivity index (χ3n) is 2.42. The number of hydrogen-bond acceptors (Lipinski definition) is 2. The maximum Gasteiger partial charge on any atom is 0.0462 e. The number of nitrogens with one attached hydrogen (secondary N) is 1. The van der Waals surface area contributed by atoms with E-state index in [0.717, 1.165) is 30.6 Å². The fourth-order valence-electron chi connectivity index (χ4n) is 1.55. The molecule has 0 aliphatic carbocycles. The van der Waals surface area contributed by atoms with E-state index in [4.69, 9.17) is 4.74 Å². The Hall–Kier alpha value is -0.0900. The number of methoxy groups -OCH3 is 1. The number of ether oxygens (including phenoxy) is 1. The first-order valence-electron chi connectivity index (χ1n) is 5.77. The van der Waals surface area contributed by atoms with Crippen LogP contribution in [0.2, 0.25) is 0 Å². The van der Waals surface area contributed by atoms with E-state index >= 15 is 0 Å². The van der Waals surface area contributed by atoms with Crippen LogP contribution in [0.1, 0.15) is 24.8 Å². The molecule has 0 aliphatic rings. The Bertz CT molecular complexity index is 297. The van der Waals surface area contributed by atoms with E-state index in [2.05, 4.69) is 39.4 Å². The summed E-state index contributed by atoms with van der Waals surface area (Å²) in [4.78, 5) is 0. The summed E-state index contributed by atoms with van der Waals surface area (Å²) in [5, 5.41) is 3.44. The van der Waals surface area contributed by atoms with Crippen molar-refractivity contribution in [1.82, 2.24) is 5.32 Å². The van der Waals surface area contributed by atoms with Gasteiger partial charge in [0.05, 0.1) is 0 Å². The molecule has 0 aromatic heterocycles. The molecule has 1 aromatic rings. The van der Waals surface area contributed by atoms with Gasteiger partial charge in [-0.2, -0.15) is 0 Å². The second-order valence-corrected chi connectivity index (χ2v) is 4.78. The minimum atomic E-state index is 0. The van der Waals surface area contributed by atoms with Crippen LogP contribution in [0.25, 0.3) is 0 Å². The van der Waals surface area contributed by atoms with Gasteiger partial charge in [-0.15, -0.1) is 12.4 Å². The van der Waals surface area contributed by atoms with E-state index in [0.29, 0.717) is 0 Å². The van der Waals surface area contributed by atoms with Gasteiger partial charge < -0.3 is 10.1 Å². The first kappa shape index (κ1) is 16.9. The van der Waals surface area contributed by atoms with Crippen LogP contribution in [-0.4, -0.2) is 20.3 Å². The average Bonchev–Trinajstić information content (AvgIpc) is 2.28. The van der Waals surface area contributed by atoms with Crippen molar-refractivity contribution in [2.45, 2.75) is 25.8 Å². The fraction of sp³-hybridized carbons (Fsp3) is 0.538. The van der Waals surface area contributed by atoms with Crippen LogP contribution in [0, 0.1) is 0 Å². The zero-order valence-corrected chi connectivity index (χ0v) is 12.6. The van der Waals surface area contributed by atoms with Crippen LogP contribution < -0.4 is 5.32 Å². The Morgan fingerprint density at radius 1 is 1.24 bits per heavy atom. The summed E-state index contributed by atoms with van der Waals surface area (Å²) in [5.41, 5.74) is 1.33. The van der Waals surface area contributed by atoms with Gasteiger partial charge in [-0.1, -0.05) is 28.1 Å². The second-order valence-electron chi connectivity index (χ2n) is 3.86. The summed E-state index contributed by atoms with van der Waals surface area (Å²) in [7, 11) is 1.76. The highest BCUT2D eigenvalue weighted by atomic mass is 79.9. The van der Waals surface area contributed by atoms with Crippen molar-refractivity contribution in [2.24, 2.45) is 0 Å². The van der Waals surface area contributed by atoms with Crippen molar-refractivity contribution in [3.63, 3.8) is 0 Å². The topological polar surface area (TPSA) is 21.3 Å². The highest BCUT2D eigenvalue weighted by molar-refractivity contribution is 9.10. The average molecular weight is 323 g/mol. The first-order chi connectivity index (χ1) is 7.83. The van der Waals surface area contributed by atoms with Crippen molar-refractivity contribution in [3.8, 4) is 0 Å². The lowest BCUT2D eigenvalue weighted by atomic mass is 10.2. The van der Waals surface area contributed by atoms with Crippen LogP contribution in [0.4, 0.5) is 0 Å². The highest BCUT2D eigenvalue weighted by Crippen LogP contribution is 2.11. The fourth-order valence-corrected chi connectivity index (χ4v) is 2.00. The summed E-state index contributed by atoms with van der Waals surface area (Å²) >= 11 is 3.47. The van der Waals surface area contributed by atoms with Crippen LogP contribution in [0.3, 0.4) is 0 Å². The smallest absolute Gasteiger partial charge is 0.0462 e. The third-order valence-corrected chi connectivity index (χ3v) is 2.91. The van der Waals surface area contributed by atoms with Crippen molar-refractivity contribution < 1.29 is 4.74 Å². The molecule has 0 unspecified atom stereocenters. The van der Waals surface area contributed by atoms with Gasteiger partial charge in [-0.05, 0) is 43.5 Å². The molecule has 0 bridgehead atoms. The molecule has 1 N–H and O–H groups in total. The Morgan fingerprint density at radius 2 is 2.06 bits per heavy atom. The monoisotopic (exact) mass is 321 g/mol. The Kier molecular flexibility index (Phi) is 11.0. The van der Waals surface area contributed by atoms with Gasteiger partial charge in [0.1, 0.15) is 0 Å². The molecular weight excluding hydrogens is 302 g/mol. The molecule has 1 rings (SSSR count). The molecule has 0 spiro atoms. The normalized spacial score (nSPS) is 10.0. The van der Waals surface area contributed by atoms with Crippen LogP contribution >= 0.6 is 28.3 Å². The van der Waals surface area contributed by atoms with Crippen molar-refractivity contribution in [1.29, 1.82) is 0 Å². The zero-order chi connectivity index (χ0) is 11.6. The minimum absolute atomic E-state index is 0. The van der Waals surface area contributed by atoms with E-state index in [1.54, 1.807) is 7.11 Å². The second kappa shape index (κ2) is 11.0. The summed E-state index contributed by atoms with van der Waals surface area (Å²) in [6, 6.07) is 8.41. The van der Waals surface area contributed by atoms with Crippen molar-refractivity contribution in [3.05, 3.63) is 34.3 Å². The van der Waals surface area contributed by atoms with Gasteiger partial charge >= 0.3 is 0 Å². The molecule has 0 radical (unpaired) electrons. The Balaban J connectivity index is 0.00000256. The molecular formula is C13H21BrClNO. The van der Waals surface area contributed by atoms with Gasteiger partial charge in [-0.25, -0.2) is 0 Å². The van der Waals surface area contributed by atoms with Gasteiger partial charge in [0, 0.05) is 24.7 Å². The maximum atomic E-state index is 5.01. The van der Waals surface area contributed by atoms with Gasteiger partial charge in [0.25, 0.3) is 0 Å². The quantitative estimate of drug-likeness (QED) is 0.736. The van der Waals surface area contributed by atoms with Crippen molar-refractivity contribution >= 4 is 28.3 Å². The lowest BCUT2D eigenvalue weighted by Crippen LogP contribution is -2.14. The molecule has 0 heterocycles. The molecule has 0 atom stereocenters.